The summed E-state index contributed by atoms with van der Waals surface area (Å²) >= 11 is 5.99. The molecule has 0 aliphatic heterocycles. The molecule has 0 radical (unpaired) electrons. The molecule has 4 unspecified atom stereocenters. The van der Waals surface area contributed by atoms with Crippen molar-refractivity contribution in [1.29, 1.82) is 0 Å². The summed E-state index contributed by atoms with van der Waals surface area (Å²) < 4.78 is 55.9. The molecule has 1 aliphatic carbocycles. The van der Waals surface area contributed by atoms with E-state index in [2.05, 4.69) is 0 Å². The summed E-state index contributed by atoms with van der Waals surface area (Å²) in [5, 5.41) is 11.9. The number of ether oxygens (including phenoxy) is 3. The lowest BCUT2D eigenvalue weighted by atomic mass is 9.81. The Kier molecular flexibility index (Phi) is 10.3. The lowest BCUT2D eigenvalue weighted by Gasteiger charge is -2.33. The standard InChI is InChI=1S/C29H35ClF3NO8/c1-16(26(3,4)5)40-24(36)22(25(37)41-17(2)27(6,7)8)23(35)19-11-9-10-14-28(19,34(38)39)42-21-13-12-18(15-20(21)30)29(31,32)33/h9-17,19,22H,1-8H3. The van der Waals surface area contributed by atoms with Gasteiger partial charge in [-0.2, -0.15) is 13.2 Å². The highest BCUT2D eigenvalue weighted by Crippen LogP contribution is 2.40. The molecule has 42 heavy (non-hydrogen) atoms. The Morgan fingerprint density at radius 1 is 0.952 bits per heavy atom. The second-order valence-corrected chi connectivity index (χ2v) is 12.6. The van der Waals surface area contributed by atoms with Gasteiger partial charge in [-0.3, -0.25) is 24.5 Å². The van der Waals surface area contributed by atoms with E-state index < -0.39 is 85.8 Å². The first-order valence-electron chi connectivity index (χ1n) is 13.0. The highest BCUT2D eigenvalue weighted by Gasteiger charge is 2.59. The number of carbonyl (C=O) groups excluding carboxylic acids is 3. The van der Waals surface area contributed by atoms with Crippen LogP contribution in [-0.4, -0.2) is 40.6 Å². The SMILES string of the molecule is CC(OC(=O)C(C(=O)OC(C)C(C)(C)C)C(=O)C1C=CC=CC1(Oc1ccc(C(F)(F)F)cc1Cl)[N+](=O)[O-])C(C)(C)C. The average Bonchev–Trinajstić information content (AvgIpc) is 2.83. The van der Waals surface area contributed by atoms with E-state index in [-0.39, 0.29) is 0 Å². The van der Waals surface area contributed by atoms with E-state index in [1.165, 1.54) is 12.2 Å². The Bertz CT molecular complexity index is 1240. The number of nitro groups is 1. The third-order valence-corrected chi connectivity index (χ3v) is 7.40. The molecule has 0 bridgehead atoms. The summed E-state index contributed by atoms with van der Waals surface area (Å²) in [7, 11) is 0. The van der Waals surface area contributed by atoms with E-state index in [0.717, 1.165) is 18.2 Å². The predicted molar refractivity (Wildman–Crippen MR) is 147 cm³/mol. The molecule has 4 atom stereocenters. The molecule has 0 heterocycles. The molecule has 1 aromatic rings. The quantitative estimate of drug-likeness (QED) is 0.0999. The van der Waals surface area contributed by atoms with Crippen molar-refractivity contribution >= 4 is 29.3 Å². The fourth-order valence-electron chi connectivity index (χ4n) is 3.50. The Morgan fingerprint density at radius 3 is 1.86 bits per heavy atom. The van der Waals surface area contributed by atoms with Crippen LogP contribution in [0.15, 0.2) is 42.5 Å². The van der Waals surface area contributed by atoms with Crippen molar-refractivity contribution in [3.05, 3.63) is 63.2 Å². The lowest BCUT2D eigenvalue weighted by molar-refractivity contribution is -0.605. The fourth-order valence-corrected chi connectivity index (χ4v) is 3.72. The molecular weight excluding hydrogens is 583 g/mol. The van der Waals surface area contributed by atoms with Gasteiger partial charge in [0.1, 0.15) is 18.0 Å². The molecule has 232 valence electrons. The van der Waals surface area contributed by atoms with Crippen LogP contribution in [0.5, 0.6) is 5.75 Å². The first-order valence-corrected chi connectivity index (χ1v) is 13.4. The van der Waals surface area contributed by atoms with Crippen LogP contribution in [-0.2, 0) is 30.0 Å². The molecule has 0 saturated carbocycles. The summed E-state index contributed by atoms with van der Waals surface area (Å²) in [5.74, 6) is -8.53. The van der Waals surface area contributed by atoms with Gasteiger partial charge >= 0.3 is 23.8 Å². The molecule has 0 aromatic heterocycles. The summed E-state index contributed by atoms with van der Waals surface area (Å²) in [4.78, 5) is 52.2. The highest BCUT2D eigenvalue weighted by atomic mass is 35.5. The summed E-state index contributed by atoms with van der Waals surface area (Å²) in [6.07, 6.45) is -1.93. The van der Waals surface area contributed by atoms with E-state index in [4.69, 9.17) is 25.8 Å². The molecule has 1 aromatic carbocycles. The molecule has 9 nitrogen and oxygen atoms in total. The van der Waals surface area contributed by atoms with Crippen LogP contribution < -0.4 is 4.74 Å². The van der Waals surface area contributed by atoms with Gasteiger partial charge < -0.3 is 14.2 Å². The van der Waals surface area contributed by atoms with Crippen molar-refractivity contribution in [2.24, 2.45) is 22.7 Å². The zero-order chi connectivity index (χ0) is 32.4. The smallest absolute Gasteiger partial charge is 0.416 e. The van der Waals surface area contributed by atoms with Crippen LogP contribution in [0.3, 0.4) is 0 Å². The van der Waals surface area contributed by atoms with Crippen molar-refractivity contribution in [2.75, 3.05) is 0 Å². The number of Topliss-reactive ketones (excluding diaryl/α,β-unsaturated/α-hetero) is 1. The number of nitrogens with zero attached hydrogens (tertiary/aromatic N) is 1. The average molecular weight is 618 g/mol. The van der Waals surface area contributed by atoms with Gasteiger partial charge in [-0.15, -0.1) is 0 Å². The first-order chi connectivity index (χ1) is 19.0. The maximum absolute atomic E-state index is 14.0. The zero-order valence-electron chi connectivity index (χ0n) is 24.6. The normalized spacial score (nSPS) is 21.2. The molecule has 0 amide bonds. The van der Waals surface area contributed by atoms with Gasteiger partial charge in [-0.05, 0) is 42.9 Å². The third-order valence-electron chi connectivity index (χ3n) is 7.10. The van der Waals surface area contributed by atoms with Crippen molar-refractivity contribution in [3.8, 4) is 5.75 Å². The minimum absolute atomic E-state index is 0.517. The fraction of sp³-hybridized carbons (Fsp3) is 0.552. The largest absolute Gasteiger partial charge is 0.461 e. The van der Waals surface area contributed by atoms with E-state index in [9.17, 15) is 37.7 Å². The van der Waals surface area contributed by atoms with Gasteiger partial charge in [0.2, 0.25) is 5.92 Å². The van der Waals surface area contributed by atoms with Crippen molar-refractivity contribution in [3.63, 3.8) is 0 Å². The second-order valence-electron chi connectivity index (χ2n) is 12.2. The monoisotopic (exact) mass is 617 g/mol. The first kappa shape index (κ1) is 34.8. The van der Waals surface area contributed by atoms with Crippen LogP contribution in [0.25, 0.3) is 0 Å². The zero-order valence-corrected chi connectivity index (χ0v) is 25.3. The minimum atomic E-state index is -4.75. The Balaban J connectivity index is 2.60. The van der Waals surface area contributed by atoms with Gasteiger partial charge in [0.15, 0.2) is 11.7 Å². The Labute approximate surface area is 247 Å². The molecule has 1 aliphatic rings. The number of allylic oxidation sites excluding steroid dienone is 2. The molecule has 2 rings (SSSR count). The molecule has 0 saturated heterocycles. The maximum Gasteiger partial charge on any atom is 0.416 e. The van der Waals surface area contributed by atoms with Crippen LogP contribution in [0.1, 0.15) is 61.0 Å². The Morgan fingerprint density at radius 2 is 1.45 bits per heavy atom. The third kappa shape index (κ3) is 7.90. The molecular formula is C29H35ClF3NO8. The number of hydrogen-bond acceptors (Lipinski definition) is 8. The second kappa shape index (κ2) is 12.4. The number of rotatable bonds is 9. The molecule has 0 N–H and O–H groups in total. The number of benzene rings is 1. The van der Waals surface area contributed by atoms with E-state index in [1.807, 2.05) is 0 Å². The van der Waals surface area contributed by atoms with E-state index >= 15 is 0 Å². The maximum atomic E-state index is 14.0. The summed E-state index contributed by atoms with van der Waals surface area (Å²) in [5.41, 5.74) is -5.11. The van der Waals surface area contributed by atoms with Crippen molar-refractivity contribution < 1.29 is 46.7 Å². The van der Waals surface area contributed by atoms with Gasteiger partial charge in [-0.25, -0.2) is 0 Å². The van der Waals surface area contributed by atoms with Crippen LogP contribution in [0, 0.1) is 32.8 Å². The molecule has 13 heteroatoms. The van der Waals surface area contributed by atoms with Gasteiger partial charge in [0.25, 0.3) is 0 Å². The highest BCUT2D eigenvalue weighted by molar-refractivity contribution is 6.32. The number of ketones is 1. The van der Waals surface area contributed by atoms with Crippen molar-refractivity contribution in [1.82, 2.24) is 0 Å². The molecule has 0 fully saturated rings. The van der Waals surface area contributed by atoms with Gasteiger partial charge in [-0.1, -0.05) is 71.4 Å². The topological polar surface area (TPSA) is 122 Å². The predicted octanol–water partition coefficient (Wildman–Crippen LogP) is 6.59. The number of carbonyl (C=O) groups is 3. The number of halogens is 4. The number of esters is 2. The van der Waals surface area contributed by atoms with Gasteiger partial charge in [0.05, 0.1) is 15.5 Å². The molecule has 0 spiro atoms. The van der Waals surface area contributed by atoms with E-state index in [0.29, 0.717) is 12.1 Å². The van der Waals surface area contributed by atoms with Crippen LogP contribution >= 0.6 is 11.6 Å². The number of hydrogen-bond donors (Lipinski definition) is 0. The number of alkyl halides is 3. The Hall–Kier alpha value is -3.41. The van der Waals surface area contributed by atoms with Crippen molar-refractivity contribution in [2.45, 2.75) is 79.5 Å². The van der Waals surface area contributed by atoms with Crippen LogP contribution in [0.2, 0.25) is 5.02 Å². The van der Waals surface area contributed by atoms with Crippen LogP contribution in [0.4, 0.5) is 13.2 Å². The van der Waals surface area contributed by atoms with E-state index in [1.54, 1.807) is 55.4 Å². The van der Waals surface area contributed by atoms with Gasteiger partial charge in [0, 0.05) is 6.08 Å². The summed E-state index contributed by atoms with van der Waals surface area (Å²) in [6.45, 7) is 13.7. The summed E-state index contributed by atoms with van der Waals surface area (Å²) in [6, 6.07) is 1.90. The lowest BCUT2D eigenvalue weighted by Crippen LogP contribution is -2.55. The minimum Gasteiger partial charge on any atom is -0.461 e.